The summed E-state index contributed by atoms with van der Waals surface area (Å²) >= 11 is 0. The molecule has 0 aromatic carbocycles. The number of hydrogen-bond acceptors (Lipinski definition) is 6. The van der Waals surface area contributed by atoms with Gasteiger partial charge >= 0.3 is 6.09 Å². The number of rotatable bonds is 2. The van der Waals surface area contributed by atoms with Gasteiger partial charge in [-0.2, -0.15) is 9.78 Å². The van der Waals surface area contributed by atoms with E-state index in [2.05, 4.69) is 10.1 Å². The first-order valence-electron chi connectivity index (χ1n) is 7.75. The number of nitrogens with zero attached hydrogens (tertiary/aromatic N) is 4. The minimum atomic E-state index is -0.351. The van der Waals surface area contributed by atoms with Gasteiger partial charge in [0.05, 0.1) is 36.3 Å². The highest BCUT2D eigenvalue weighted by Gasteiger charge is 2.26. The maximum absolute atomic E-state index is 12.8. The van der Waals surface area contributed by atoms with Gasteiger partial charge in [-0.1, -0.05) is 0 Å². The average Bonchev–Trinajstić information content (AvgIpc) is 2.92. The normalized spacial score (nSPS) is 13.5. The number of fused-ring (bicyclic) bond motifs is 1. The van der Waals surface area contributed by atoms with Crippen LogP contribution in [0.3, 0.4) is 0 Å². The summed E-state index contributed by atoms with van der Waals surface area (Å²) in [5.41, 5.74) is 9.06. The minimum absolute atomic E-state index is 0.266. The number of aromatic nitrogens is 3. The van der Waals surface area contributed by atoms with Crippen LogP contribution < -0.4 is 5.73 Å². The largest absolute Gasteiger partial charge is 0.450 e. The molecule has 8 heteroatoms. The van der Waals surface area contributed by atoms with Gasteiger partial charge in [-0.3, -0.25) is 9.78 Å². The van der Waals surface area contributed by atoms with Crippen molar-refractivity contribution in [2.45, 2.75) is 26.8 Å². The lowest BCUT2D eigenvalue weighted by molar-refractivity contribution is 0.0939. The summed E-state index contributed by atoms with van der Waals surface area (Å²) in [7, 11) is 0. The second kappa shape index (κ2) is 6.31. The molecule has 24 heavy (non-hydrogen) atoms. The van der Waals surface area contributed by atoms with Gasteiger partial charge in [-0.25, -0.2) is 4.79 Å². The van der Waals surface area contributed by atoms with Crippen molar-refractivity contribution in [3.8, 4) is 0 Å². The van der Waals surface area contributed by atoms with Crippen LogP contribution in [0.1, 0.15) is 34.1 Å². The van der Waals surface area contributed by atoms with E-state index in [1.807, 2.05) is 0 Å². The number of hydrogen-bond donors (Lipinski definition) is 1. The molecular formula is C16H19N5O3. The molecular weight excluding hydrogens is 310 g/mol. The Morgan fingerprint density at radius 3 is 2.79 bits per heavy atom. The third kappa shape index (κ3) is 2.70. The zero-order valence-corrected chi connectivity index (χ0v) is 13.7. The molecule has 2 N–H and O–H groups in total. The number of carbonyl (C=O) groups excluding carboxylic acids is 2. The SMILES string of the molecule is CCOC(=O)N1CCc2c(cncc2C(=O)n2ncc(N)c2C)C1. The molecule has 0 bridgehead atoms. The van der Waals surface area contributed by atoms with Crippen molar-refractivity contribution < 1.29 is 14.3 Å². The Morgan fingerprint density at radius 2 is 2.12 bits per heavy atom. The summed E-state index contributed by atoms with van der Waals surface area (Å²) < 4.78 is 6.32. The number of ether oxygens (including phenoxy) is 1. The summed E-state index contributed by atoms with van der Waals surface area (Å²) in [6.07, 6.45) is 4.89. The fourth-order valence-electron chi connectivity index (χ4n) is 2.79. The van der Waals surface area contributed by atoms with E-state index in [1.54, 1.807) is 31.1 Å². The van der Waals surface area contributed by atoms with Crippen molar-refractivity contribution >= 4 is 17.7 Å². The van der Waals surface area contributed by atoms with E-state index >= 15 is 0 Å². The van der Waals surface area contributed by atoms with E-state index in [1.165, 1.54) is 10.9 Å². The highest BCUT2D eigenvalue weighted by Crippen LogP contribution is 2.23. The van der Waals surface area contributed by atoms with Crippen LogP contribution in [0.2, 0.25) is 0 Å². The summed E-state index contributed by atoms with van der Waals surface area (Å²) in [6.45, 7) is 4.72. The van der Waals surface area contributed by atoms with Crippen LogP contribution in [0.4, 0.5) is 10.5 Å². The molecule has 1 amide bonds. The lowest BCUT2D eigenvalue weighted by Gasteiger charge is -2.28. The molecule has 0 radical (unpaired) electrons. The number of pyridine rings is 1. The van der Waals surface area contributed by atoms with Crippen LogP contribution in [0.5, 0.6) is 0 Å². The number of anilines is 1. The Bertz CT molecular complexity index is 799. The summed E-state index contributed by atoms with van der Waals surface area (Å²) in [5, 5.41) is 4.04. The van der Waals surface area contributed by atoms with Gasteiger partial charge in [0.25, 0.3) is 5.91 Å². The van der Waals surface area contributed by atoms with Crippen LogP contribution in [-0.4, -0.2) is 44.8 Å². The Balaban J connectivity index is 1.91. The molecule has 0 spiro atoms. The number of carbonyl (C=O) groups is 2. The lowest BCUT2D eigenvalue weighted by Crippen LogP contribution is -2.37. The monoisotopic (exact) mass is 329 g/mol. The second-order valence-corrected chi connectivity index (χ2v) is 5.60. The topological polar surface area (TPSA) is 103 Å². The van der Waals surface area contributed by atoms with Gasteiger partial charge in [0.15, 0.2) is 0 Å². The molecule has 0 aliphatic carbocycles. The van der Waals surface area contributed by atoms with Gasteiger partial charge in [-0.15, -0.1) is 0 Å². The van der Waals surface area contributed by atoms with Crippen LogP contribution in [-0.2, 0) is 17.7 Å². The summed E-state index contributed by atoms with van der Waals surface area (Å²) in [4.78, 5) is 30.4. The Hall–Kier alpha value is -2.90. The van der Waals surface area contributed by atoms with Crippen molar-refractivity contribution in [3.63, 3.8) is 0 Å². The molecule has 0 fully saturated rings. The Kier molecular flexibility index (Phi) is 4.20. The standard InChI is InChI=1S/C16H19N5O3/c1-3-24-16(23)20-5-4-12-11(9-20)6-18-7-13(12)15(22)21-10(2)14(17)8-19-21/h6-8H,3-5,9,17H2,1-2H3. The van der Waals surface area contributed by atoms with E-state index in [-0.39, 0.29) is 12.0 Å². The van der Waals surface area contributed by atoms with E-state index in [9.17, 15) is 9.59 Å². The van der Waals surface area contributed by atoms with Crippen molar-refractivity contribution in [1.29, 1.82) is 0 Å². The molecule has 0 saturated heterocycles. The highest BCUT2D eigenvalue weighted by atomic mass is 16.6. The van der Waals surface area contributed by atoms with Crippen molar-refractivity contribution in [3.05, 3.63) is 41.0 Å². The average molecular weight is 329 g/mol. The molecule has 2 aromatic rings. The van der Waals surface area contributed by atoms with Crippen LogP contribution in [0.25, 0.3) is 0 Å². The van der Waals surface area contributed by atoms with Gasteiger partial charge < -0.3 is 15.4 Å². The maximum Gasteiger partial charge on any atom is 0.410 e. The lowest BCUT2D eigenvalue weighted by atomic mass is 9.97. The van der Waals surface area contributed by atoms with Crippen LogP contribution >= 0.6 is 0 Å². The zero-order chi connectivity index (χ0) is 17.3. The second-order valence-electron chi connectivity index (χ2n) is 5.60. The summed E-state index contributed by atoms with van der Waals surface area (Å²) in [6, 6.07) is 0. The Morgan fingerprint density at radius 1 is 1.33 bits per heavy atom. The number of nitrogen functional groups attached to an aromatic ring is 1. The van der Waals surface area contributed by atoms with Crippen LogP contribution in [0, 0.1) is 6.92 Å². The van der Waals surface area contributed by atoms with Gasteiger partial charge in [-0.05, 0) is 31.4 Å². The molecule has 1 aliphatic heterocycles. The smallest absolute Gasteiger partial charge is 0.410 e. The number of amides is 1. The molecule has 2 aromatic heterocycles. The van der Waals surface area contributed by atoms with Crippen molar-refractivity contribution in [2.24, 2.45) is 0 Å². The molecule has 0 unspecified atom stereocenters. The molecule has 0 saturated carbocycles. The zero-order valence-electron chi connectivity index (χ0n) is 13.7. The minimum Gasteiger partial charge on any atom is -0.450 e. The molecule has 126 valence electrons. The van der Waals surface area contributed by atoms with Crippen molar-refractivity contribution in [1.82, 2.24) is 19.7 Å². The molecule has 0 atom stereocenters. The van der Waals surface area contributed by atoms with Gasteiger partial charge in [0.2, 0.25) is 0 Å². The third-order valence-corrected chi connectivity index (χ3v) is 4.14. The van der Waals surface area contributed by atoms with Gasteiger partial charge in [0, 0.05) is 18.9 Å². The van der Waals surface area contributed by atoms with E-state index < -0.39 is 0 Å². The summed E-state index contributed by atoms with van der Waals surface area (Å²) in [5.74, 6) is -0.266. The van der Waals surface area contributed by atoms with Crippen molar-refractivity contribution in [2.75, 3.05) is 18.9 Å². The first-order valence-corrected chi connectivity index (χ1v) is 7.75. The fourth-order valence-corrected chi connectivity index (χ4v) is 2.79. The van der Waals surface area contributed by atoms with E-state index in [0.29, 0.717) is 43.1 Å². The molecule has 1 aliphatic rings. The predicted molar refractivity (Wildman–Crippen MR) is 86.5 cm³/mol. The van der Waals surface area contributed by atoms with E-state index in [4.69, 9.17) is 10.5 Å². The Labute approximate surface area is 139 Å². The van der Waals surface area contributed by atoms with Crippen LogP contribution in [0.15, 0.2) is 18.6 Å². The quantitative estimate of drug-likeness (QED) is 0.892. The predicted octanol–water partition coefficient (Wildman–Crippen LogP) is 1.37. The first kappa shape index (κ1) is 16.0. The fraction of sp³-hybridized carbons (Fsp3) is 0.375. The van der Waals surface area contributed by atoms with Gasteiger partial charge in [0.1, 0.15) is 0 Å². The van der Waals surface area contributed by atoms with E-state index in [0.717, 1.165) is 11.1 Å². The number of nitrogens with two attached hydrogens (primary N) is 1. The highest BCUT2D eigenvalue weighted by molar-refractivity contribution is 5.97. The molecule has 3 rings (SSSR count). The third-order valence-electron chi connectivity index (χ3n) is 4.14. The maximum atomic E-state index is 12.8. The molecule has 3 heterocycles. The first-order chi connectivity index (χ1) is 11.5. The molecule has 8 nitrogen and oxygen atoms in total.